The van der Waals surface area contributed by atoms with Crippen LogP contribution in [0.25, 0.3) is 21.7 Å². The molecule has 1 saturated carbocycles. The number of nitrogens with two attached hydrogens (primary N) is 1. The van der Waals surface area contributed by atoms with Gasteiger partial charge in [0, 0.05) is 29.9 Å². The van der Waals surface area contributed by atoms with Crippen molar-refractivity contribution in [3.8, 4) is 0 Å². The van der Waals surface area contributed by atoms with Gasteiger partial charge in [-0.15, -0.1) is 0 Å². The number of H-pyrrole nitrogens is 1. The fraction of sp³-hybridized carbons (Fsp3) is 0.333. The molecule has 282 valence electrons. The number of amides is 4. The highest BCUT2D eigenvalue weighted by Crippen LogP contribution is 2.46. The van der Waals surface area contributed by atoms with E-state index in [4.69, 9.17) is 5.73 Å². The molecule has 54 heavy (non-hydrogen) atoms. The van der Waals surface area contributed by atoms with Gasteiger partial charge in [-0.2, -0.15) is 0 Å². The molecule has 0 spiro atoms. The zero-order chi connectivity index (χ0) is 38.1. The number of para-hydroxylation sites is 1. The van der Waals surface area contributed by atoms with Gasteiger partial charge in [0.1, 0.15) is 24.0 Å². The van der Waals surface area contributed by atoms with Crippen molar-refractivity contribution in [2.45, 2.75) is 75.7 Å². The first-order valence-corrected chi connectivity index (χ1v) is 20.5. The fourth-order valence-corrected chi connectivity index (χ4v) is 9.03. The topological polar surface area (TPSA) is 183 Å². The lowest BCUT2D eigenvalue weighted by Crippen LogP contribution is -2.54. The molecule has 2 unspecified atom stereocenters. The minimum Gasteiger partial charge on any atom is -0.368 e. The highest BCUT2D eigenvalue weighted by molar-refractivity contribution is 7.59. The predicted octanol–water partition coefficient (Wildman–Crippen LogP) is 5.49. The Kier molecular flexibility index (Phi) is 12.6. The van der Waals surface area contributed by atoms with E-state index in [0.717, 1.165) is 64.9 Å². The summed E-state index contributed by atoms with van der Waals surface area (Å²) >= 11 is 0. The van der Waals surface area contributed by atoms with Gasteiger partial charge in [0.15, 0.2) is 0 Å². The lowest BCUT2D eigenvalue weighted by molar-refractivity contribution is -0.131. The van der Waals surface area contributed by atoms with Crippen molar-refractivity contribution in [3.05, 3.63) is 120 Å². The normalized spacial score (nSPS) is 16.2. The van der Waals surface area contributed by atoms with Crippen LogP contribution in [0.1, 0.15) is 55.2 Å². The molecule has 7 N–H and O–H groups in total. The van der Waals surface area contributed by atoms with Crippen LogP contribution in [0, 0.1) is 5.92 Å². The Morgan fingerprint density at radius 3 is 2.22 bits per heavy atom. The van der Waals surface area contributed by atoms with Gasteiger partial charge in [-0.05, 0) is 45.9 Å². The minimum atomic E-state index is -4.41. The summed E-state index contributed by atoms with van der Waals surface area (Å²) in [4.78, 5) is 68.2. The highest BCUT2D eigenvalue weighted by Gasteiger charge is 2.37. The molecule has 0 aliphatic heterocycles. The Balaban J connectivity index is 1.16. The smallest absolute Gasteiger partial charge is 0.243 e. The van der Waals surface area contributed by atoms with Crippen LogP contribution in [0.4, 0.5) is 0 Å². The molecule has 0 saturated heterocycles. The van der Waals surface area contributed by atoms with Crippen molar-refractivity contribution >= 4 is 52.7 Å². The molecular weight excluding hydrogens is 701 g/mol. The van der Waals surface area contributed by atoms with Gasteiger partial charge in [0.25, 0.3) is 0 Å². The lowest BCUT2D eigenvalue weighted by Gasteiger charge is -2.29. The van der Waals surface area contributed by atoms with E-state index in [1.807, 2.05) is 72.8 Å². The van der Waals surface area contributed by atoms with Crippen LogP contribution in [-0.2, 0) is 43.0 Å². The van der Waals surface area contributed by atoms with Crippen LogP contribution in [-0.4, -0.2) is 57.5 Å². The molecule has 12 heteroatoms. The van der Waals surface area contributed by atoms with E-state index in [9.17, 15) is 28.6 Å². The monoisotopic (exact) mass is 749 g/mol. The first-order chi connectivity index (χ1) is 26.0. The van der Waals surface area contributed by atoms with E-state index < -0.39 is 55.0 Å². The standard InChI is InChI=1S/C42H48N5O6P/c43-41(50)36(25-33-26-44-35-18-10-9-17-34(33)35)46-42(51)37(22-28-11-3-1-4-12-28)45-39(49)27-54(52,53)40(24-29-13-5-2-6-14-29)47-38(48)23-30-19-20-31-15-7-8-16-32(31)21-30/h2,5-10,13-21,26,28,36-37,40,44H,1,3-4,11-12,22-25,27H2,(H2,43,50)(H,45,49)(H,46,51)(H,47,48)(H,52,53)/t36-,37-,40?/m0/s1. The largest absolute Gasteiger partial charge is 0.368 e. The zero-order valence-corrected chi connectivity index (χ0v) is 31.1. The van der Waals surface area contributed by atoms with Crippen molar-refractivity contribution in [3.63, 3.8) is 0 Å². The van der Waals surface area contributed by atoms with Gasteiger partial charge < -0.3 is 31.6 Å². The average molecular weight is 750 g/mol. The number of nitrogens with one attached hydrogen (secondary N) is 4. The lowest BCUT2D eigenvalue weighted by atomic mass is 9.84. The summed E-state index contributed by atoms with van der Waals surface area (Å²) < 4.78 is 14.1. The van der Waals surface area contributed by atoms with E-state index in [1.54, 1.807) is 30.5 Å². The number of primary amides is 1. The third-order valence-electron chi connectivity index (χ3n) is 10.3. The first kappa shape index (κ1) is 38.5. The van der Waals surface area contributed by atoms with Crippen LogP contribution in [0.15, 0.2) is 103 Å². The molecule has 1 aromatic heterocycles. The van der Waals surface area contributed by atoms with Crippen molar-refractivity contribution in [2.24, 2.45) is 11.7 Å². The van der Waals surface area contributed by atoms with Crippen LogP contribution in [0.5, 0.6) is 0 Å². The van der Waals surface area contributed by atoms with Crippen LogP contribution < -0.4 is 21.7 Å². The molecule has 4 amide bonds. The Hall–Kier alpha value is -5.25. The highest BCUT2D eigenvalue weighted by atomic mass is 31.2. The van der Waals surface area contributed by atoms with Crippen molar-refractivity contribution in [1.29, 1.82) is 0 Å². The molecule has 0 bridgehead atoms. The molecule has 4 atom stereocenters. The molecule has 4 aromatic carbocycles. The maximum atomic E-state index is 14.1. The zero-order valence-electron chi connectivity index (χ0n) is 30.2. The minimum absolute atomic E-state index is 0.0193. The Morgan fingerprint density at radius 2 is 1.46 bits per heavy atom. The van der Waals surface area contributed by atoms with Crippen molar-refractivity contribution in [1.82, 2.24) is 20.9 Å². The van der Waals surface area contributed by atoms with Gasteiger partial charge in [-0.25, -0.2) is 0 Å². The number of aromatic amines is 1. The molecule has 6 rings (SSSR count). The van der Waals surface area contributed by atoms with E-state index >= 15 is 0 Å². The van der Waals surface area contributed by atoms with Crippen LogP contribution in [0.3, 0.4) is 0 Å². The number of carbonyl (C=O) groups is 4. The first-order valence-electron chi connectivity index (χ1n) is 18.6. The fourth-order valence-electron chi connectivity index (χ4n) is 7.46. The number of hydrogen-bond donors (Lipinski definition) is 6. The molecule has 0 radical (unpaired) electrons. The van der Waals surface area contributed by atoms with Gasteiger partial charge in [-0.1, -0.05) is 123 Å². The van der Waals surface area contributed by atoms with Gasteiger partial charge in [0.05, 0.1) is 6.42 Å². The number of aromatic nitrogens is 1. The van der Waals surface area contributed by atoms with E-state index in [1.165, 1.54) is 0 Å². The Morgan fingerprint density at radius 1 is 0.759 bits per heavy atom. The molecule has 1 fully saturated rings. The number of fused-ring (bicyclic) bond motifs is 2. The number of benzene rings is 4. The maximum Gasteiger partial charge on any atom is 0.243 e. The number of carbonyl (C=O) groups excluding carboxylic acids is 4. The summed E-state index contributed by atoms with van der Waals surface area (Å²) in [6.45, 7) is 0. The summed E-state index contributed by atoms with van der Waals surface area (Å²) in [6, 6.07) is 27.9. The van der Waals surface area contributed by atoms with E-state index in [-0.39, 0.29) is 25.2 Å². The van der Waals surface area contributed by atoms with E-state index in [0.29, 0.717) is 12.0 Å². The Bertz CT molecular complexity index is 2150. The van der Waals surface area contributed by atoms with Crippen molar-refractivity contribution < 1.29 is 28.6 Å². The summed E-state index contributed by atoms with van der Waals surface area (Å²) in [5, 5.41) is 11.2. The quantitative estimate of drug-likeness (QED) is 0.0726. The molecule has 5 aromatic rings. The molecule has 1 aliphatic rings. The predicted molar refractivity (Wildman–Crippen MR) is 211 cm³/mol. The third-order valence-corrected chi connectivity index (χ3v) is 12.4. The van der Waals surface area contributed by atoms with Gasteiger partial charge in [0.2, 0.25) is 31.0 Å². The molecular formula is C42H48N5O6P. The summed E-state index contributed by atoms with van der Waals surface area (Å²) in [7, 11) is -4.41. The van der Waals surface area contributed by atoms with Crippen LogP contribution >= 0.6 is 7.37 Å². The molecule has 1 aliphatic carbocycles. The van der Waals surface area contributed by atoms with E-state index in [2.05, 4.69) is 20.9 Å². The third kappa shape index (κ3) is 10.2. The second-order valence-corrected chi connectivity index (χ2v) is 16.9. The summed E-state index contributed by atoms with van der Waals surface area (Å²) in [5.41, 5.74) is 8.91. The average Bonchev–Trinajstić information content (AvgIpc) is 3.57. The number of rotatable bonds is 16. The van der Waals surface area contributed by atoms with Crippen molar-refractivity contribution in [2.75, 3.05) is 6.16 Å². The number of hydrogen-bond acceptors (Lipinski definition) is 5. The maximum absolute atomic E-state index is 14.1. The second-order valence-electron chi connectivity index (χ2n) is 14.4. The van der Waals surface area contributed by atoms with Gasteiger partial charge >= 0.3 is 0 Å². The molecule has 11 nitrogen and oxygen atoms in total. The van der Waals surface area contributed by atoms with Crippen LogP contribution in [0.2, 0.25) is 0 Å². The van der Waals surface area contributed by atoms with Gasteiger partial charge in [-0.3, -0.25) is 23.7 Å². The SMILES string of the molecule is NC(=O)[C@H](Cc1c[nH]c2ccccc12)NC(=O)[C@H](CC1CCCCC1)NC(=O)CP(=O)(O)C(Cc1ccccc1)NC(=O)Cc1ccc2ccccc2c1. The second kappa shape index (κ2) is 17.7. The molecule has 1 heterocycles. The summed E-state index contributed by atoms with van der Waals surface area (Å²) in [5.74, 6) is -3.68. The Labute approximate surface area is 314 Å². The summed E-state index contributed by atoms with van der Waals surface area (Å²) in [6.07, 6.45) is 6.27.